The highest BCUT2D eigenvalue weighted by atomic mass is 35.5. The molecule has 1 N–H and O–H groups in total. The molecule has 0 saturated carbocycles. The van der Waals surface area contributed by atoms with Crippen molar-refractivity contribution in [2.75, 3.05) is 33.5 Å². The SMILES string of the molecule is COCCOC1COCCC1NC(=O)c1nc(Cl)c(C(F)F)s1. The summed E-state index contributed by atoms with van der Waals surface area (Å²) in [5.74, 6) is -0.545. The lowest BCUT2D eigenvalue weighted by molar-refractivity contribution is -0.0765. The molecule has 1 aliphatic rings. The van der Waals surface area contributed by atoms with Crippen LogP contribution in [0.3, 0.4) is 0 Å². The van der Waals surface area contributed by atoms with Crippen molar-refractivity contribution < 1.29 is 27.8 Å². The van der Waals surface area contributed by atoms with Crippen LogP contribution in [0, 0.1) is 0 Å². The predicted molar refractivity (Wildman–Crippen MR) is 80.4 cm³/mol. The van der Waals surface area contributed by atoms with E-state index in [4.69, 9.17) is 25.8 Å². The normalized spacial score (nSPS) is 21.6. The van der Waals surface area contributed by atoms with Gasteiger partial charge >= 0.3 is 0 Å². The van der Waals surface area contributed by atoms with Gasteiger partial charge in [-0.25, -0.2) is 13.8 Å². The topological polar surface area (TPSA) is 69.7 Å². The molecular formula is C13H17ClF2N2O4S. The fourth-order valence-electron chi connectivity index (χ4n) is 2.10. The number of carbonyl (C=O) groups excluding carboxylic acids is 1. The van der Waals surface area contributed by atoms with Gasteiger partial charge in [0, 0.05) is 13.7 Å². The van der Waals surface area contributed by atoms with E-state index in [0.29, 0.717) is 44.2 Å². The van der Waals surface area contributed by atoms with E-state index in [1.54, 1.807) is 7.11 Å². The molecule has 0 aromatic carbocycles. The molecule has 2 heterocycles. The molecule has 1 aliphatic heterocycles. The summed E-state index contributed by atoms with van der Waals surface area (Å²) in [6.45, 7) is 1.62. The summed E-state index contributed by atoms with van der Waals surface area (Å²) in [5, 5.41) is 2.32. The van der Waals surface area contributed by atoms with Gasteiger partial charge in [-0.05, 0) is 6.42 Å². The summed E-state index contributed by atoms with van der Waals surface area (Å²) in [7, 11) is 1.56. The maximum absolute atomic E-state index is 12.7. The van der Waals surface area contributed by atoms with Crippen LogP contribution in [0.4, 0.5) is 8.78 Å². The Kier molecular flexibility index (Phi) is 7.09. The number of nitrogens with one attached hydrogen (secondary N) is 1. The van der Waals surface area contributed by atoms with Crippen molar-refractivity contribution in [3.05, 3.63) is 15.0 Å². The highest BCUT2D eigenvalue weighted by Gasteiger charge is 2.30. The molecule has 6 nitrogen and oxygen atoms in total. The van der Waals surface area contributed by atoms with E-state index in [0.717, 1.165) is 0 Å². The molecule has 1 aromatic rings. The van der Waals surface area contributed by atoms with Crippen molar-refractivity contribution in [1.29, 1.82) is 0 Å². The molecule has 0 bridgehead atoms. The van der Waals surface area contributed by atoms with Gasteiger partial charge in [0.05, 0.1) is 25.9 Å². The van der Waals surface area contributed by atoms with E-state index in [2.05, 4.69) is 10.3 Å². The van der Waals surface area contributed by atoms with Crippen LogP contribution in [-0.4, -0.2) is 56.6 Å². The van der Waals surface area contributed by atoms with Gasteiger partial charge in [0.15, 0.2) is 5.01 Å². The van der Waals surface area contributed by atoms with Crippen molar-refractivity contribution in [2.24, 2.45) is 0 Å². The summed E-state index contributed by atoms with van der Waals surface area (Å²) in [5.41, 5.74) is 0. The minimum Gasteiger partial charge on any atom is -0.382 e. The van der Waals surface area contributed by atoms with E-state index in [-0.39, 0.29) is 22.3 Å². The number of ether oxygens (including phenoxy) is 3. The highest BCUT2D eigenvalue weighted by molar-refractivity contribution is 7.14. The zero-order valence-electron chi connectivity index (χ0n) is 12.4. The number of methoxy groups -OCH3 is 1. The fourth-order valence-corrected chi connectivity index (χ4v) is 3.15. The highest BCUT2D eigenvalue weighted by Crippen LogP contribution is 2.32. The molecule has 2 rings (SSSR count). The molecule has 0 radical (unpaired) electrons. The zero-order valence-corrected chi connectivity index (χ0v) is 14.0. The number of hydrogen-bond donors (Lipinski definition) is 1. The molecule has 10 heteroatoms. The largest absolute Gasteiger partial charge is 0.382 e. The summed E-state index contributed by atoms with van der Waals surface area (Å²) >= 11 is 6.21. The van der Waals surface area contributed by atoms with Crippen molar-refractivity contribution in [3.63, 3.8) is 0 Å². The van der Waals surface area contributed by atoms with Crippen LogP contribution >= 0.6 is 22.9 Å². The molecule has 1 aromatic heterocycles. The first-order valence-corrected chi connectivity index (χ1v) is 8.16. The van der Waals surface area contributed by atoms with Gasteiger partial charge in [0.1, 0.15) is 16.1 Å². The third-order valence-corrected chi connectivity index (χ3v) is 4.70. The van der Waals surface area contributed by atoms with Crippen LogP contribution in [0.15, 0.2) is 0 Å². The van der Waals surface area contributed by atoms with Crippen molar-refractivity contribution in [2.45, 2.75) is 25.0 Å². The minimum absolute atomic E-state index is 0.0903. The Hall–Kier alpha value is -0.870. The third-order valence-electron chi connectivity index (χ3n) is 3.24. The molecule has 1 amide bonds. The number of hydrogen-bond acceptors (Lipinski definition) is 6. The van der Waals surface area contributed by atoms with Crippen molar-refractivity contribution >= 4 is 28.8 Å². The number of rotatable bonds is 7. The molecule has 2 atom stereocenters. The van der Waals surface area contributed by atoms with Gasteiger partial charge in [-0.15, -0.1) is 11.3 Å². The van der Waals surface area contributed by atoms with Gasteiger partial charge in [-0.3, -0.25) is 4.79 Å². The number of halogens is 3. The van der Waals surface area contributed by atoms with Crippen LogP contribution in [-0.2, 0) is 14.2 Å². The van der Waals surface area contributed by atoms with Gasteiger partial charge in [-0.2, -0.15) is 0 Å². The lowest BCUT2D eigenvalue weighted by Gasteiger charge is -2.31. The predicted octanol–water partition coefficient (Wildman–Crippen LogP) is 2.28. The van der Waals surface area contributed by atoms with E-state index in [1.807, 2.05) is 0 Å². The first kappa shape index (κ1) is 18.5. The summed E-state index contributed by atoms with van der Waals surface area (Å²) in [6, 6.07) is -0.286. The molecule has 23 heavy (non-hydrogen) atoms. The van der Waals surface area contributed by atoms with Gasteiger partial charge in [0.25, 0.3) is 12.3 Å². The van der Waals surface area contributed by atoms with Gasteiger partial charge in [0.2, 0.25) is 0 Å². The average molecular weight is 371 g/mol. The Morgan fingerprint density at radius 1 is 1.57 bits per heavy atom. The second kappa shape index (κ2) is 8.84. The maximum Gasteiger partial charge on any atom is 0.280 e. The molecule has 0 spiro atoms. The van der Waals surface area contributed by atoms with E-state index in [1.165, 1.54) is 0 Å². The van der Waals surface area contributed by atoms with E-state index < -0.39 is 17.2 Å². The van der Waals surface area contributed by atoms with Crippen LogP contribution in [0.25, 0.3) is 0 Å². The Morgan fingerprint density at radius 3 is 3.00 bits per heavy atom. The second-order valence-corrected chi connectivity index (χ2v) is 6.21. The lowest BCUT2D eigenvalue weighted by atomic mass is 10.1. The third kappa shape index (κ3) is 5.05. The number of carbonyl (C=O) groups is 1. The lowest BCUT2D eigenvalue weighted by Crippen LogP contribution is -2.50. The van der Waals surface area contributed by atoms with Crippen LogP contribution in [0.2, 0.25) is 5.15 Å². The molecule has 1 saturated heterocycles. The maximum atomic E-state index is 12.7. The quantitative estimate of drug-likeness (QED) is 0.746. The first-order valence-electron chi connectivity index (χ1n) is 6.96. The Bertz CT molecular complexity index is 532. The number of aromatic nitrogens is 1. The smallest absolute Gasteiger partial charge is 0.280 e. The number of thiazole rings is 1. The Morgan fingerprint density at radius 2 is 2.35 bits per heavy atom. The standard InChI is InChI=1S/C13H17ClF2N2O4S/c1-20-4-5-22-8-6-21-3-2-7(8)17-12(19)13-18-10(14)9(23-13)11(15)16/h7-8,11H,2-6H2,1H3,(H,17,19). The average Bonchev–Trinajstić information content (AvgIpc) is 2.91. The molecule has 1 fully saturated rings. The summed E-state index contributed by atoms with van der Waals surface area (Å²) < 4.78 is 41.3. The Balaban J connectivity index is 1.98. The molecule has 0 aliphatic carbocycles. The molecule has 2 unspecified atom stereocenters. The van der Waals surface area contributed by atoms with Gasteiger partial charge in [-0.1, -0.05) is 11.6 Å². The van der Waals surface area contributed by atoms with Crippen LogP contribution in [0.1, 0.15) is 27.5 Å². The van der Waals surface area contributed by atoms with E-state index in [9.17, 15) is 13.6 Å². The van der Waals surface area contributed by atoms with Crippen molar-refractivity contribution in [1.82, 2.24) is 10.3 Å². The molecular weight excluding hydrogens is 354 g/mol. The monoisotopic (exact) mass is 370 g/mol. The number of nitrogens with zero attached hydrogens (tertiary/aromatic N) is 1. The van der Waals surface area contributed by atoms with Crippen LogP contribution < -0.4 is 5.32 Å². The number of alkyl halides is 2. The van der Waals surface area contributed by atoms with E-state index >= 15 is 0 Å². The molecule has 130 valence electrons. The Labute approximate surface area is 141 Å². The zero-order chi connectivity index (χ0) is 16.8. The van der Waals surface area contributed by atoms with Crippen molar-refractivity contribution in [3.8, 4) is 0 Å². The van der Waals surface area contributed by atoms with Crippen LogP contribution in [0.5, 0.6) is 0 Å². The summed E-state index contributed by atoms with van der Waals surface area (Å²) in [6.07, 6.45) is -2.52. The minimum atomic E-state index is -2.75. The fraction of sp³-hybridized carbons (Fsp3) is 0.692. The summed E-state index contributed by atoms with van der Waals surface area (Å²) in [4.78, 5) is 15.5. The first-order chi connectivity index (χ1) is 11.0. The second-order valence-electron chi connectivity index (χ2n) is 4.82. The van der Waals surface area contributed by atoms with Gasteiger partial charge < -0.3 is 19.5 Å². The number of amides is 1.